The molecular formula is C22H28N4O3. The number of aryl methyl sites for hydroxylation is 1. The number of nitrogen functional groups attached to an aromatic ring is 1. The monoisotopic (exact) mass is 396 g/mol. The van der Waals surface area contributed by atoms with E-state index in [1.165, 1.54) is 0 Å². The molecule has 1 aromatic heterocycles. The second kappa shape index (κ2) is 7.54. The van der Waals surface area contributed by atoms with E-state index in [1.807, 2.05) is 49.1 Å². The molecule has 2 aliphatic heterocycles. The lowest BCUT2D eigenvalue weighted by Gasteiger charge is -2.35. The Morgan fingerprint density at radius 1 is 1.28 bits per heavy atom. The number of hydrogen-bond acceptors (Lipinski definition) is 5. The molecule has 3 atom stereocenters. The third-order valence-corrected chi connectivity index (χ3v) is 6.29. The normalized spacial score (nSPS) is 25.4. The minimum atomic E-state index is -0.693. The molecule has 2 aromatic rings. The highest BCUT2D eigenvalue weighted by Crippen LogP contribution is 2.52. The van der Waals surface area contributed by atoms with E-state index in [0.29, 0.717) is 25.3 Å². The van der Waals surface area contributed by atoms with Crippen LogP contribution in [0.15, 0.2) is 36.4 Å². The lowest BCUT2D eigenvalue weighted by atomic mass is 9.70. The smallest absolute Gasteiger partial charge is 0.314 e. The summed E-state index contributed by atoms with van der Waals surface area (Å²) in [5, 5.41) is 4.31. The Balaban J connectivity index is 1.62. The van der Waals surface area contributed by atoms with Gasteiger partial charge in [-0.3, -0.25) is 9.59 Å². The fraction of sp³-hybridized carbons (Fsp3) is 0.500. The average Bonchev–Trinajstić information content (AvgIpc) is 3.34. The molecule has 1 amide bonds. The van der Waals surface area contributed by atoms with Crippen LogP contribution >= 0.6 is 0 Å². The van der Waals surface area contributed by atoms with Crippen molar-refractivity contribution in [2.24, 2.45) is 5.41 Å². The Bertz CT molecular complexity index is 910. The van der Waals surface area contributed by atoms with Crippen molar-refractivity contribution in [3.05, 3.63) is 47.7 Å². The van der Waals surface area contributed by atoms with E-state index in [9.17, 15) is 9.59 Å². The van der Waals surface area contributed by atoms with Crippen LogP contribution in [0.3, 0.4) is 0 Å². The van der Waals surface area contributed by atoms with Crippen molar-refractivity contribution < 1.29 is 14.3 Å². The van der Waals surface area contributed by atoms with Gasteiger partial charge in [-0.1, -0.05) is 30.3 Å². The van der Waals surface area contributed by atoms with E-state index in [-0.39, 0.29) is 30.5 Å². The number of anilines is 1. The van der Waals surface area contributed by atoms with Gasteiger partial charge in [0.1, 0.15) is 12.4 Å². The van der Waals surface area contributed by atoms with Gasteiger partial charge in [-0.25, -0.2) is 4.68 Å². The maximum absolute atomic E-state index is 13.2. The summed E-state index contributed by atoms with van der Waals surface area (Å²) in [6, 6.07) is 11.6. The molecule has 7 nitrogen and oxygen atoms in total. The van der Waals surface area contributed by atoms with Gasteiger partial charge in [0.05, 0.1) is 17.7 Å². The molecule has 2 fully saturated rings. The Morgan fingerprint density at radius 3 is 2.69 bits per heavy atom. The number of esters is 1. The van der Waals surface area contributed by atoms with Gasteiger partial charge < -0.3 is 15.4 Å². The number of carbonyl (C=O) groups is 2. The molecule has 2 bridgehead atoms. The average molecular weight is 396 g/mol. The number of aromatic nitrogens is 2. The van der Waals surface area contributed by atoms with E-state index < -0.39 is 5.41 Å². The first-order chi connectivity index (χ1) is 13.9. The first kappa shape index (κ1) is 19.5. The number of hydrogen-bond donors (Lipinski definition) is 1. The van der Waals surface area contributed by atoms with Gasteiger partial charge in [0, 0.05) is 18.2 Å². The van der Waals surface area contributed by atoms with Crippen LogP contribution in [0, 0.1) is 12.3 Å². The van der Waals surface area contributed by atoms with Crippen molar-refractivity contribution in [3.63, 3.8) is 0 Å². The third kappa shape index (κ3) is 3.39. The number of nitrogens with two attached hydrogens (primary N) is 1. The predicted octanol–water partition coefficient (Wildman–Crippen LogP) is 2.33. The van der Waals surface area contributed by atoms with Gasteiger partial charge in [-0.05, 0) is 45.1 Å². The largest absolute Gasteiger partial charge is 0.465 e. The molecule has 3 heterocycles. The van der Waals surface area contributed by atoms with Gasteiger partial charge >= 0.3 is 5.97 Å². The number of amides is 1. The molecule has 2 N–H and O–H groups in total. The summed E-state index contributed by atoms with van der Waals surface area (Å²) in [4.78, 5) is 28.3. The molecule has 2 saturated heterocycles. The molecule has 0 saturated carbocycles. The van der Waals surface area contributed by atoms with Crippen LogP contribution in [0.5, 0.6) is 0 Å². The number of nitrogens with zero attached hydrogens (tertiary/aromatic N) is 3. The van der Waals surface area contributed by atoms with Gasteiger partial charge in [0.2, 0.25) is 5.91 Å². The van der Waals surface area contributed by atoms with Crippen LogP contribution in [0.2, 0.25) is 0 Å². The summed E-state index contributed by atoms with van der Waals surface area (Å²) in [5.41, 5.74) is 7.15. The fourth-order valence-corrected chi connectivity index (χ4v) is 5.18. The molecule has 0 spiro atoms. The number of ether oxygens (including phenoxy) is 1. The van der Waals surface area contributed by atoms with Gasteiger partial charge in [0.15, 0.2) is 0 Å². The highest BCUT2D eigenvalue weighted by Gasteiger charge is 2.61. The van der Waals surface area contributed by atoms with Crippen molar-refractivity contribution >= 4 is 17.7 Å². The van der Waals surface area contributed by atoms with Crippen LogP contribution in [0.1, 0.15) is 37.4 Å². The van der Waals surface area contributed by atoms with E-state index in [0.717, 1.165) is 24.1 Å². The zero-order valence-electron chi connectivity index (χ0n) is 17.0. The first-order valence-electron chi connectivity index (χ1n) is 10.3. The van der Waals surface area contributed by atoms with E-state index in [2.05, 4.69) is 5.10 Å². The standard InChI is InChI=1S/C22H28N4O3/c1-3-29-21(28)22(12-16-7-5-4-6-8-16)13-17-9-10-18(22)26(17)20(27)14-25-19(23)11-15(2)24-25/h4-8,11,17-18H,3,9-10,12-14,23H2,1-2H3/t17-,18+,22+/m1/s1. The highest BCUT2D eigenvalue weighted by atomic mass is 16.5. The first-order valence-corrected chi connectivity index (χ1v) is 10.3. The summed E-state index contributed by atoms with van der Waals surface area (Å²) >= 11 is 0. The summed E-state index contributed by atoms with van der Waals surface area (Å²) in [6.07, 6.45) is 2.96. The van der Waals surface area contributed by atoms with E-state index in [4.69, 9.17) is 10.5 Å². The lowest BCUT2D eigenvalue weighted by molar-refractivity contribution is -0.158. The van der Waals surface area contributed by atoms with Crippen molar-refractivity contribution in [1.82, 2.24) is 14.7 Å². The zero-order valence-corrected chi connectivity index (χ0v) is 17.0. The third-order valence-electron chi connectivity index (χ3n) is 6.29. The number of rotatable bonds is 6. The summed E-state index contributed by atoms with van der Waals surface area (Å²) in [5.74, 6) is 0.248. The topological polar surface area (TPSA) is 90.5 Å². The number of benzene rings is 1. The van der Waals surface area contributed by atoms with Crippen LogP contribution in [-0.2, 0) is 27.3 Å². The van der Waals surface area contributed by atoms with Crippen molar-refractivity contribution in [1.29, 1.82) is 0 Å². The van der Waals surface area contributed by atoms with E-state index in [1.54, 1.807) is 10.7 Å². The minimum absolute atomic E-state index is 0.0356. The van der Waals surface area contributed by atoms with Crippen molar-refractivity contribution in [2.75, 3.05) is 12.3 Å². The number of fused-ring (bicyclic) bond motifs is 2. The SMILES string of the molecule is CCOC(=O)[C@@]1(Cc2ccccc2)C[C@H]2CC[C@@H]1N2C(=O)Cn1nc(C)cc1N. The van der Waals surface area contributed by atoms with Crippen LogP contribution < -0.4 is 5.73 Å². The quantitative estimate of drug-likeness (QED) is 0.757. The molecule has 0 aliphatic carbocycles. The maximum Gasteiger partial charge on any atom is 0.314 e. The van der Waals surface area contributed by atoms with Crippen LogP contribution in [0.25, 0.3) is 0 Å². The second-order valence-corrected chi connectivity index (χ2v) is 8.16. The van der Waals surface area contributed by atoms with E-state index >= 15 is 0 Å². The Hall–Kier alpha value is -2.83. The lowest BCUT2D eigenvalue weighted by Crippen LogP contribution is -2.48. The Labute approximate surface area is 170 Å². The van der Waals surface area contributed by atoms with Gasteiger partial charge in [0.25, 0.3) is 0 Å². The molecular weight excluding hydrogens is 368 g/mol. The molecule has 0 radical (unpaired) electrons. The van der Waals surface area contributed by atoms with Crippen LogP contribution in [0.4, 0.5) is 5.82 Å². The summed E-state index contributed by atoms with van der Waals surface area (Å²) in [6.45, 7) is 4.11. The minimum Gasteiger partial charge on any atom is -0.465 e. The summed E-state index contributed by atoms with van der Waals surface area (Å²) < 4.78 is 7.05. The Morgan fingerprint density at radius 2 is 2.03 bits per heavy atom. The van der Waals surface area contributed by atoms with Crippen LogP contribution in [-0.4, -0.2) is 45.2 Å². The second-order valence-electron chi connectivity index (χ2n) is 8.16. The maximum atomic E-state index is 13.2. The molecule has 29 heavy (non-hydrogen) atoms. The molecule has 154 valence electrons. The van der Waals surface area contributed by atoms with Gasteiger partial charge in [-0.2, -0.15) is 5.10 Å². The zero-order chi connectivity index (χ0) is 20.6. The Kier molecular flexibility index (Phi) is 5.06. The molecule has 1 aromatic carbocycles. The van der Waals surface area contributed by atoms with Gasteiger partial charge in [-0.15, -0.1) is 0 Å². The molecule has 2 aliphatic rings. The predicted molar refractivity (Wildman–Crippen MR) is 109 cm³/mol. The molecule has 4 rings (SSSR count). The van der Waals surface area contributed by atoms with Crippen molar-refractivity contribution in [2.45, 2.75) is 58.2 Å². The highest BCUT2D eigenvalue weighted by molar-refractivity contribution is 5.84. The number of carbonyl (C=O) groups excluding carboxylic acids is 2. The fourth-order valence-electron chi connectivity index (χ4n) is 5.18. The van der Waals surface area contributed by atoms with Crippen molar-refractivity contribution in [3.8, 4) is 0 Å². The summed E-state index contributed by atoms with van der Waals surface area (Å²) in [7, 11) is 0. The molecule has 0 unspecified atom stereocenters. The molecule has 7 heteroatoms.